The maximum atomic E-state index is 11.8. The summed E-state index contributed by atoms with van der Waals surface area (Å²) in [5.41, 5.74) is 7.01. The van der Waals surface area contributed by atoms with Gasteiger partial charge in [-0.25, -0.2) is 4.98 Å². The normalized spacial score (nSPS) is 10.3. The van der Waals surface area contributed by atoms with Gasteiger partial charge in [0.2, 0.25) is 0 Å². The van der Waals surface area contributed by atoms with Crippen molar-refractivity contribution in [2.45, 2.75) is 13.5 Å². The molecule has 0 fully saturated rings. The van der Waals surface area contributed by atoms with Crippen molar-refractivity contribution in [1.82, 2.24) is 10.3 Å². The van der Waals surface area contributed by atoms with E-state index in [0.29, 0.717) is 25.4 Å². The van der Waals surface area contributed by atoms with Crippen LogP contribution in [0.5, 0.6) is 5.75 Å². The summed E-state index contributed by atoms with van der Waals surface area (Å²) in [6.45, 7) is 3.21. The van der Waals surface area contributed by atoms with Gasteiger partial charge in [0.1, 0.15) is 23.1 Å². The summed E-state index contributed by atoms with van der Waals surface area (Å²) in [5.74, 6) is 0.604. The predicted octanol–water partition coefficient (Wildman–Crippen LogP) is 1.72. The van der Waals surface area contributed by atoms with Gasteiger partial charge >= 0.3 is 0 Å². The Labute approximate surface area is 121 Å². The number of nitrogens with one attached hydrogen (secondary N) is 1. The lowest BCUT2D eigenvalue weighted by Gasteiger charge is -2.07. The molecule has 1 aromatic carbocycles. The zero-order valence-corrected chi connectivity index (χ0v) is 12.1. The molecule has 6 heteroatoms. The lowest BCUT2D eigenvalue weighted by atomic mass is 10.2. The number of benzene rings is 1. The van der Waals surface area contributed by atoms with Crippen LogP contribution in [0.2, 0.25) is 0 Å². The van der Waals surface area contributed by atoms with E-state index in [1.54, 1.807) is 5.38 Å². The first-order valence-electron chi connectivity index (χ1n) is 6.31. The second-order valence-corrected chi connectivity index (χ2v) is 5.19. The minimum atomic E-state index is -0.200. The van der Waals surface area contributed by atoms with Gasteiger partial charge in [-0.15, -0.1) is 11.3 Å². The van der Waals surface area contributed by atoms with E-state index in [0.717, 1.165) is 16.3 Å². The number of nitrogens with zero attached hydrogens (tertiary/aromatic N) is 1. The predicted molar refractivity (Wildman–Crippen MR) is 79.0 cm³/mol. The van der Waals surface area contributed by atoms with Gasteiger partial charge in [-0.05, 0) is 24.6 Å². The van der Waals surface area contributed by atoms with E-state index in [1.807, 2.05) is 31.2 Å². The van der Waals surface area contributed by atoms with Crippen LogP contribution >= 0.6 is 11.3 Å². The number of amides is 1. The van der Waals surface area contributed by atoms with Crippen LogP contribution in [0.3, 0.4) is 0 Å². The molecule has 0 radical (unpaired) electrons. The number of hydrogen-bond donors (Lipinski definition) is 2. The summed E-state index contributed by atoms with van der Waals surface area (Å²) in [4.78, 5) is 15.9. The van der Waals surface area contributed by atoms with Gasteiger partial charge in [0, 0.05) is 11.9 Å². The molecule has 20 heavy (non-hydrogen) atoms. The van der Waals surface area contributed by atoms with Crippen LogP contribution in [0.25, 0.3) is 0 Å². The Kier molecular flexibility index (Phi) is 5.09. The zero-order chi connectivity index (χ0) is 14.4. The van der Waals surface area contributed by atoms with Crippen molar-refractivity contribution >= 4 is 17.2 Å². The summed E-state index contributed by atoms with van der Waals surface area (Å²) >= 11 is 1.39. The van der Waals surface area contributed by atoms with Gasteiger partial charge in [-0.1, -0.05) is 12.1 Å². The molecule has 5 nitrogen and oxygen atoms in total. The van der Waals surface area contributed by atoms with Gasteiger partial charge in [0.25, 0.3) is 5.91 Å². The van der Waals surface area contributed by atoms with Crippen molar-refractivity contribution in [1.29, 1.82) is 0 Å². The lowest BCUT2D eigenvalue weighted by molar-refractivity contribution is 0.0942. The van der Waals surface area contributed by atoms with Crippen molar-refractivity contribution in [3.8, 4) is 5.75 Å². The largest absolute Gasteiger partial charge is 0.492 e. The van der Waals surface area contributed by atoms with E-state index >= 15 is 0 Å². The minimum absolute atomic E-state index is 0.200. The molecular weight excluding hydrogens is 274 g/mol. The van der Waals surface area contributed by atoms with Crippen LogP contribution in [0.15, 0.2) is 29.6 Å². The van der Waals surface area contributed by atoms with Crippen molar-refractivity contribution in [3.05, 3.63) is 45.9 Å². The van der Waals surface area contributed by atoms with Gasteiger partial charge < -0.3 is 15.8 Å². The molecule has 2 rings (SSSR count). The van der Waals surface area contributed by atoms with Crippen LogP contribution in [0.4, 0.5) is 0 Å². The smallest absolute Gasteiger partial charge is 0.270 e. The summed E-state index contributed by atoms with van der Waals surface area (Å²) in [5, 5.41) is 5.22. The molecule has 2 aromatic rings. The molecule has 0 aliphatic rings. The fourth-order valence-corrected chi connectivity index (χ4v) is 2.29. The molecule has 0 bridgehead atoms. The van der Waals surface area contributed by atoms with Crippen LogP contribution < -0.4 is 15.8 Å². The third kappa shape index (κ3) is 4.04. The Hall–Kier alpha value is -1.92. The molecule has 0 aliphatic heterocycles. The maximum Gasteiger partial charge on any atom is 0.270 e. The SMILES string of the molecule is Cc1cccc(OCCNC(=O)c2csc(CN)n2)c1. The molecule has 0 aliphatic carbocycles. The van der Waals surface area contributed by atoms with Crippen molar-refractivity contribution in [2.75, 3.05) is 13.2 Å². The van der Waals surface area contributed by atoms with E-state index in [-0.39, 0.29) is 5.91 Å². The van der Waals surface area contributed by atoms with Crippen LogP contribution in [0, 0.1) is 6.92 Å². The molecule has 0 saturated heterocycles. The lowest BCUT2D eigenvalue weighted by Crippen LogP contribution is -2.28. The highest BCUT2D eigenvalue weighted by molar-refractivity contribution is 7.09. The van der Waals surface area contributed by atoms with Crippen molar-refractivity contribution < 1.29 is 9.53 Å². The number of hydrogen-bond acceptors (Lipinski definition) is 5. The number of aryl methyl sites for hydroxylation is 1. The first kappa shape index (κ1) is 14.5. The van der Waals surface area contributed by atoms with Crippen molar-refractivity contribution in [3.63, 3.8) is 0 Å². The Bertz CT molecular complexity index is 583. The molecular formula is C14H17N3O2S. The number of thiazole rings is 1. The first-order valence-corrected chi connectivity index (χ1v) is 7.19. The maximum absolute atomic E-state index is 11.8. The fourth-order valence-electron chi connectivity index (χ4n) is 1.64. The highest BCUT2D eigenvalue weighted by Crippen LogP contribution is 2.12. The van der Waals surface area contributed by atoms with Gasteiger partial charge in [0.05, 0.1) is 6.54 Å². The van der Waals surface area contributed by atoms with Gasteiger partial charge in [0.15, 0.2) is 0 Å². The molecule has 1 amide bonds. The fraction of sp³-hybridized carbons (Fsp3) is 0.286. The third-order valence-electron chi connectivity index (χ3n) is 2.60. The summed E-state index contributed by atoms with van der Waals surface area (Å²) in [6, 6.07) is 7.79. The quantitative estimate of drug-likeness (QED) is 0.794. The average molecular weight is 291 g/mol. The number of carbonyl (C=O) groups excluding carboxylic acids is 1. The number of ether oxygens (including phenoxy) is 1. The Balaban J connectivity index is 1.74. The third-order valence-corrected chi connectivity index (χ3v) is 3.48. The number of rotatable bonds is 6. The standard InChI is InChI=1S/C14H17N3O2S/c1-10-3-2-4-11(7-10)19-6-5-16-14(18)12-9-20-13(8-15)17-12/h2-4,7,9H,5-6,8,15H2,1H3,(H,16,18). The van der Waals surface area contributed by atoms with Crippen LogP contribution in [0.1, 0.15) is 21.1 Å². The molecule has 3 N–H and O–H groups in total. The Morgan fingerprint density at radius 2 is 2.35 bits per heavy atom. The van der Waals surface area contributed by atoms with E-state index in [4.69, 9.17) is 10.5 Å². The minimum Gasteiger partial charge on any atom is -0.492 e. The first-order chi connectivity index (χ1) is 9.69. The van der Waals surface area contributed by atoms with E-state index in [2.05, 4.69) is 10.3 Å². The van der Waals surface area contributed by atoms with E-state index in [1.165, 1.54) is 11.3 Å². The van der Waals surface area contributed by atoms with E-state index < -0.39 is 0 Å². The summed E-state index contributed by atoms with van der Waals surface area (Å²) in [7, 11) is 0. The van der Waals surface area contributed by atoms with Crippen molar-refractivity contribution in [2.24, 2.45) is 5.73 Å². The molecule has 0 atom stereocenters. The molecule has 0 spiro atoms. The second kappa shape index (κ2) is 7.02. The molecule has 106 valence electrons. The topological polar surface area (TPSA) is 77.2 Å². The second-order valence-electron chi connectivity index (χ2n) is 4.25. The highest BCUT2D eigenvalue weighted by Gasteiger charge is 2.09. The highest BCUT2D eigenvalue weighted by atomic mass is 32.1. The molecule has 1 aromatic heterocycles. The Morgan fingerprint density at radius 3 is 3.05 bits per heavy atom. The van der Waals surface area contributed by atoms with Gasteiger partial charge in [-0.3, -0.25) is 4.79 Å². The summed E-state index contributed by atoms with van der Waals surface area (Å²) in [6.07, 6.45) is 0. The number of nitrogens with two attached hydrogens (primary N) is 1. The zero-order valence-electron chi connectivity index (χ0n) is 11.3. The average Bonchev–Trinajstić information content (AvgIpc) is 2.92. The monoisotopic (exact) mass is 291 g/mol. The molecule has 1 heterocycles. The summed E-state index contributed by atoms with van der Waals surface area (Å²) < 4.78 is 5.55. The van der Waals surface area contributed by atoms with E-state index in [9.17, 15) is 4.79 Å². The molecule has 0 unspecified atom stereocenters. The molecule has 0 saturated carbocycles. The number of carbonyl (C=O) groups is 1. The van der Waals surface area contributed by atoms with Gasteiger partial charge in [-0.2, -0.15) is 0 Å². The Morgan fingerprint density at radius 1 is 1.50 bits per heavy atom. The number of aromatic nitrogens is 1. The van der Waals surface area contributed by atoms with Crippen LogP contribution in [-0.4, -0.2) is 24.0 Å². The van der Waals surface area contributed by atoms with Crippen LogP contribution in [-0.2, 0) is 6.54 Å².